The Hall–Kier alpha value is -2.26. The first-order chi connectivity index (χ1) is 11.6. The minimum Gasteiger partial charge on any atom is -0.360 e. The summed E-state index contributed by atoms with van der Waals surface area (Å²) in [5.74, 6) is -0.674. The summed E-state index contributed by atoms with van der Waals surface area (Å²) in [6, 6.07) is 5.33. The molecule has 1 atom stereocenters. The predicted octanol–water partition coefficient (Wildman–Crippen LogP) is 1.93. The smallest absolute Gasteiger partial charge is 0.248 e. The lowest BCUT2D eigenvalue weighted by molar-refractivity contribution is -0.121. The van der Waals surface area contributed by atoms with Crippen molar-refractivity contribution in [2.24, 2.45) is 0 Å². The van der Waals surface area contributed by atoms with Gasteiger partial charge in [-0.3, -0.25) is 4.79 Å². The number of benzene rings is 1. The van der Waals surface area contributed by atoms with Crippen molar-refractivity contribution >= 4 is 15.9 Å². The normalized spacial score (nSPS) is 13.0. The van der Waals surface area contributed by atoms with E-state index in [1.165, 1.54) is 33.0 Å². The number of halogens is 1. The summed E-state index contributed by atoms with van der Waals surface area (Å²) in [5, 5.41) is 6.31. The van der Waals surface area contributed by atoms with Crippen LogP contribution in [0, 0.1) is 19.7 Å². The monoisotopic (exact) mass is 369 g/mol. The molecule has 2 aromatic rings. The van der Waals surface area contributed by atoms with Crippen LogP contribution in [0.15, 0.2) is 33.7 Å². The van der Waals surface area contributed by atoms with E-state index in [0.717, 1.165) is 4.31 Å². The Morgan fingerprint density at radius 1 is 1.32 bits per heavy atom. The van der Waals surface area contributed by atoms with Gasteiger partial charge >= 0.3 is 0 Å². The van der Waals surface area contributed by atoms with E-state index < -0.39 is 15.9 Å². The number of nitrogens with zero attached hydrogens (tertiary/aromatic N) is 2. The highest BCUT2D eigenvalue weighted by Gasteiger charge is 2.30. The van der Waals surface area contributed by atoms with Crippen LogP contribution in [-0.4, -0.2) is 37.4 Å². The van der Waals surface area contributed by atoms with E-state index >= 15 is 0 Å². The molecule has 136 valence electrons. The molecule has 0 aliphatic rings. The zero-order valence-corrected chi connectivity index (χ0v) is 15.2. The minimum absolute atomic E-state index is 0.0330. The van der Waals surface area contributed by atoms with E-state index in [0.29, 0.717) is 5.56 Å². The predicted molar refractivity (Wildman–Crippen MR) is 88.8 cm³/mol. The molecule has 2 rings (SSSR count). The van der Waals surface area contributed by atoms with E-state index in [1.54, 1.807) is 19.1 Å². The third kappa shape index (κ3) is 4.23. The Labute approximate surface area is 145 Å². The van der Waals surface area contributed by atoms with Crippen LogP contribution in [0.4, 0.5) is 4.39 Å². The third-order valence-electron chi connectivity index (χ3n) is 3.75. The van der Waals surface area contributed by atoms with E-state index in [1.807, 2.05) is 0 Å². The van der Waals surface area contributed by atoms with Crippen LogP contribution in [0.2, 0.25) is 0 Å². The van der Waals surface area contributed by atoms with Crippen molar-refractivity contribution in [3.63, 3.8) is 0 Å². The lowest BCUT2D eigenvalue weighted by Gasteiger charge is -2.19. The number of nitrogens with one attached hydrogen (secondary N) is 1. The first-order valence-electron chi connectivity index (χ1n) is 7.57. The maximum Gasteiger partial charge on any atom is 0.248 e. The molecule has 0 fully saturated rings. The number of hydrogen-bond acceptors (Lipinski definition) is 5. The standard InChI is InChI=1S/C16H20FN3O4S/c1-10(13-5-7-14(17)8-6-13)18-15(21)9-20(4)25(22,23)16-11(2)19-24-12(16)3/h5-8,10H,9H2,1-4H3,(H,18,21). The van der Waals surface area contributed by atoms with Gasteiger partial charge in [-0.05, 0) is 38.5 Å². The van der Waals surface area contributed by atoms with Crippen LogP contribution in [-0.2, 0) is 14.8 Å². The highest BCUT2D eigenvalue weighted by molar-refractivity contribution is 7.89. The number of amides is 1. The van der Waals surface area contributed by atoms with Gasteiger partial charge in [0.15, 0.2) is 5.76 Å². The lowest BCUT2D eigenvalue weighted by Crippen LogP contribution is -2.39. The van der Waals surface area contributed by atoms with Gasteiger partial charge in [0.25, 0.3) is 0 Å². The van der Waals surface area contributed by atoms with Crippen LogP contribution in [0.3, 0.4) is 0 Å². The minimum atomic E-state index is -3.89. The largest absolute Gasteiger partial charge is 0.360 e. The highest BCUT2D eigenvalue weighted by atomic mass is 32.2. The average Bonchev–Trinajstić information content (AvgIpc) is 2.87. The van der Waals surface area contributed by atoms with Crippen molar-refractivity contribution in [2.75, 3.05) is 13.6 Å². The molecular weight excluding hydrogens is 349 g/mol. The molecule has 0 saturated heterocycles. The number of hydrogen-bond donors (Lipinski definition) is 1. The summed E-state index contributed by atoms with van der Waals surface area (Å²) in [6.07, 6.45) is 0. The maximum atomic E-state index is 12.9. The Morgan fingerprint density at radius 2 is 1.92 bits per heavy atom. The number of aromatic nitrogens is 1. The summed E-state index contributed by atoms with van der Waals surface area (Å²) in [4.78, 5) is 12.1. The number of carbonyl (C=O) groups is 1. The summed E-state index contributed by atoms with van der Waals surface area (Å²) in [6.45, 7) is 4.39. The Morgan fingerprint density at radius 3 is 2.44 bits per heavy atom. The van der Waals surface area contributed by atoms with Gasteiger partial charge in [0.2, 0.25) is 15.9 Å². The van der Waals surface area contributed by atoms with Crippen molar-refractivity contribution in [3.8, 4) is 0 Å². The molecule has 0 bridgehead atoms. The van der Waals surface area contributed by atoms with Crippen LogP contribution in [0.5, 0.6) is 0 Å². The fourth-order valence-corrected chi connectivity index (χ4v) is 3.82. The highest BCUT2D eigenvalue weighted by Crippen LogP contribution is 2.22. The third-order valence-corrected chi connectivity index (χ3v) is 5.80. The van der Waals surface area contributed by atoms with Gasteiger partial charge in [0, 0.05) is 7.05 Å². The summed E-state index contributed by atoms with van der Waals surface area (Å²) < 4.78 is 43.9. The molecule has 7 nitrogen and oxygen atoms in total. The zero-order valence-electron chi connectivity index (χ0n) is 14.4. The van der Waals surface area contributed by atoms with Gasteiger partial charge in [-0.15, -0.1) is 0 Å². The van der Waals surface area contributed by atoms with E-state index in [4.69, 9.17) is 4.52 Å². The van der Waals surface area contributed by atoms with E-state index in [2.05, 4.69) is 10.5 Å². The van der Waals surface area contributed by atoms with Gasteiger partial charge in [-0.2, -0.15) is 4.31 Å². The molecular formula is C16H20FN3O4S. The molecule has 0 spiro atoms. The van der Waals surface area contributed by atoms with Gasteiger partial charge in [0.1, 0.15) is 16.4 Å². The second-order valence-electron chi connectivity index (χ2n) is 5.76. The Kier molecular flexibility index (Phi) is 5.58. The molecule has 1 amide bonds. The van der Waals surface area contributed by atoms with E-state index in [9.17, 15) is 17.6 Å². The average molecular weight is 369 g/mol. The zero-order chi connectivity index (χ0) is 18.8. The van der Waals surface area contributed by atoms with Gasteiger partial charge in [0.05, 0.1) is 12.6 Å². The SMILES string of the molecule is Cc1noc(C)c1S(=O)(=O)N(C)CC(=O)NC(C)c1ccc(F)cc1. The molecule has 9 heteroatoms. The first-order valence-corrected chi connectivity index (χ1v) is 9.01. The molecule has 1 unspecified atom stereocenters. The van der Waals surface area contributed by atoms with Crippen molar-refractivity contribution in [3.05, 3.63) is 47.1 Å². The Bertz CT molecular complexity index is 843. The van der Waals surface area contributed by atoms with Gasteiger partial charge in [-0.1, -0.05) is 17.3 Å². The number of likely N-dealkylation sites (N-methyl/N-ethyl adjacent to an activating group) is 1. The quantitative estimate of drug-likeness (QED) is 0.840. The number of rotatable bonds is 6. The van der Waals surface area contributed by atoms with Crippen molar-refractivity contribution in [2.45, 2.75) is 31.7 Å². The second-order valence-corrected chi connectivity index (χ2v) is 7.74. The summed E-state index contributed by atoms with van der Waals surface area (Å²) >= 11 is 0. The molecule has 1 heterocycles. The molecule has 1 aromatic carbocycles. The van der Waals surface area contributed by atoms with Gasteiger partial charge < -0.3 is 9.84 Å². The summed E-state index contributed by atoms with van der Waals surface area (Å²) in [5.41, 5.74) is 0.954. The topological polar surface area (TPSA) is 92.5 Å². The number of sulfonamides is 1. The van der Waals surface area contributed by atoms with Crippen molar-refractivity contribution in [1.29, 1.82) is 0 Å². The number of aryl methyl sites for hydroxylation is 2. The molecule has 0 saturated carbocycles. The van der Waals surface area contributed by atoms with E-state index in [-0.39, 0.29) is 34.8 Å². The van der Waals surface area contributed by atoms with Crippen molar-refractivity contribution < 1.29 is 22.1 Å². The molecule has 0 aliphatic carbocycles. The summed E-state index contributed by atoms with van der Waals surface area (Å²) in [7, 11) is -2.58. The van der Waals surface area contributed by atoms with Crippen LogP contribution >= 0.6 is 0 Å². The second kappa shape index (κ2) is 7.32. The number of carbonyl (C=O) groups excluding carboxylic acids is 1. The fourth-order valence-electron chi connectivity index (χ4n) is 2.41. The van der Waals surface area contributed by atoms with Gasteiger partial charge in [-0.25, -0.2) is 12.8 Å². The molecule has 1 N–H and O–H groups in total. The first kappa shape index (κ1) is 19.1. The molecule has 1 aromatic heterocycles. The van der Waals surface area contributed by atoms with Crippen LogP contribution in [0.1, 0.15) is 30.0 Å². The Balaban J connectivity index is 2.06. The maximum absolute atomic E-state index is 12.9. The molecule has 0 radical (unpaired) electrons. The molecule has 25 heavy (non-hydrogen) atoms. The molecule has 0 aliphatic heterocycles. The lowest BCUT2D eigenvalue weighted by atomic mass is 10.1. The fraction of sp³-hybridized carbons (Fsp3) is 0.375. The van der Waals surface area contributed by atoms with Crippen molar-refractivity contribution in [1.82, 2.24) is 14.8 Å². The van der Waals surface area contributed by atoms with Crippen LogP contribution in [0.25, 0.3) is 0 Å². The van der Waals surface area contributed by atoms with Crippen LogP contribution < -0.4 is 5.32 Å².